The number of nitrogens with zero attached hydrogens (tertiary/aromatic N) is 3. The molecule has 0 saturated heterocycles. The van der Waals surface area contributed by atoms with Gasteiger partial charge in [0.25, 0.3) is 5.56 Å². The minimum atomic E-state index is -3.42. The van der Waals surface area contributed by atoms with Crippen LogP contribution in [0.3, 0.4) is 0 Å². The number of carbonyl (C=O) groups excluding carboxylic acids is 1. The number of ether oxygens (including phenoxy) is 1. The maximum Gasteiger partial charge on any atom is 0.338 e. The fraction of sp³-hybridized carbons (Fsp3) is 0.240. The number of hydrogen-bond acceptors (Lipinski definition) is 7. The van der Waals surface area contributed by atoms with Crippen molar-refractivity contribution in [2.75, 3.05) is 10.6 Å². The maximum atomic E-state index is 13.1. The lowest BCUT2D eigenvalue weighted by Gasteiger charge is -2.21. The Labute approximate surface area is 201 Å². The van der Waals surface area contributed by atoms with Crippen LogP contribution in [0, 0.1) is 0 Å². The maximum absolute atomic E-state index is 13.1. The number of para-hydroxylation sites is 1. The van der Waals surface area contributed by atoms with Gasteiger partial charge in [-0.1, -0.05) is 12.1 Å². The summed E-state index contributed by atoms with van der Waals surface area (Å²) in [4.78, 5) is 30.6. The van der Waals surface area contributed by atoms with Gasteiger partial charge in [-0.05, 0) is 61.4 Å². The van der Waals surface area contributed by atoms with E-state index in [2.05, 4.69) is 4.98 Å². The molecule has 0 N–H and O–H groups in total. The van der Waals surface area contributed by atoms with Crippen LogP contribution in [-0.2, 0) is 34.3 Å². The van der Waals surface area contributed by atoms with Crippen molar-refractivity contribution in [1.29, 1.82) is 0 Å². The van der Waals surface area contributed by atoms with E-state index < -0.39 is 16.0 Å². The third kappa shape index (κ3) is 4.32. The SMILES string of the molecule is C[C@H]1Cc2cc(C(=O)OCc3nc4ccccc4c(=O)n3Cc3ccco3)ccc2N1S(C)(=O)=O. The Bertz CT molecular complexity index is 1590. The normalized spacial score (nSPS) is 15.4. The predicted octanol–water partition coefficient (Wildman–Crippen LogP) is 3.11. The van der Waals surface area contributed by atoms with Crippen molar-refractivity contribution in [3.8, 4) is 0 Å². The number of rotatable bonds is 6. The molecule has 0 radical (unpaired) electrons. The first-order valence-corrected chi connectivity index (χ1v) is 12.9. The van der Waals surface area contributed by atoms with Crippen LogP contribution in [0.25, 0.3) is 10.9 Å². The Morgan fingerprint density at radius 2 is 1.97 bits per heavy atom. The summed E-state index contributed by atoms with van der Waals surface area (Å²) in [5.41, 5.74) is 1.88. The minimum absolute atomic E-state index is 0.147. The molecule has 0 unspecified atom stereocenters. The zero-order valence-corrected chi connectivity index (χ0v) is 20.0. The lowest BCUT2D eigenvalue weighted by molar-refractivity contribution is 0.0456. The zero-order chi connectivity index (χ0) is 24.7. The van der Waals surface area contributed by atoms with Crippen molar-refractivity contribution in [3.05, 3.63) is 93.9 Å². The van der Waals surface area contributed by atoms with Gasteiger partial charge >= 0.3 is 5.97 Å². The molecule has 0 bridgehead atoms. The van der Waals surface area contributed by atoms with E-state index in [0.29, 0.717) is 34.3 Å². The van der Waals surface area contributed by atoms with E-state index in [1.54, 1.807) is 54.6 Å². The molecule has 2 aromatic heterocycles. The summed E-state index contributed by atoms with van der Waals surface area (Å²) in [5.74, 6) is 0.265. The quantitative estimate of drug-likeness (QED) is 0.380. The van der Waals surface area contributed by atoms with Crippen molar-refractivity contribution < 1.29 is 22.4 Å². The second-order valence-corrected chi connectivity index (χ2v) is 10.4. The van der Waals surface area contributed by atoms with Gasteiger partial charge < -0.3 is 9.15 Å². The molecule has 1 aliphatic rings. The van der Waals surface area contributed by atoms with Crippen molar-refractivity contribution >= 4 is 32.6 Å². The highest BCUT2D eigenvalue weighted by molar-refractivity contribution is 7.92. The lowest BCUT2D eigenvalue weighted by Crippen LogP contribution is -2.34. The Kier molecular flexibility index (Phi) is 5.68. The summed E-state index contributed by atoms with van der Waals surface area (Å²) in [7, 11) is -3.42. The number of fused-ring (bicyclic) bond motifs is 2. The molecular formula is C25H23N3O6S. The van der Waals surface area contributed by atoms with Gasteiger partial charge in [-0.3, -0.25) is 13.7 Å². The Morgan fingerprint density at radius 1 is 1.17 bits per heavy atom. The largest absolute Gasteiger partial charge is 0.467 e. The molecule has 180 valence electrons. The van der Waals surface area contributed by atoms with E-state index in [0.717, 1.165) is 5.56 Å². The topological polar surface area (TPSA) is 112 Å². The number of furan rings is 1. The second kappa shape index (κ2) is 8.70. The van der Waals surface area contributed by atoms with Crippen molar-refractivity contribution in [1.82, 2.24) is 9.55 Å². The van der Waals surface area contributed by atoms with Crippen molar-refractivity contribution in [2.45, 2.75) is 32.5 Å². The van der Waals surface area contributed by atoms with E-state index in [-0.39, 0.29) is 30.6 Å². The first-order chi connectivity index (χ1) is 16.7. The summed E-state index contributed by atoms with van der Waals surface area (Å²) in [6.45, 7) is 1.75. The molecule has 3 heterocycles. The summed E-state index contributed by atoms with van der Waals surface area (Å²) in [6.07, 6.45) is 3.19. The van der Waals surface area contributed by atoms with Gasteiger partial charge in [-0.15, -0.1) is 0 Å². The molecule has 1 aliphatic heterocycles. The van der Waals surface area contributed by atoms with E-state index >= 15 is 0 Å². The number of benzene rings is 2. The number of sulfonamides is 1. The standard InChI is InChI=1S/C25H23N3O6S/c1-16-12-18-13-17(9-10-22(18)28(16)35(2,31)32)25(30)34-15-23-26-21-8-4-3-7-20(21)24(29)27(23)14-19-6-5-11-33-19/h3-11,13,16H,12,14-15H2,1-2H3/t16-/m0/s1. The number of hydrogen-bond donors (Lipinski definition) is 0. The Balaban J connectivity index is 1.42. The average Bonchev–Trinajstić information content (AvgIpc) is 3.45. The highest BCUT2D eigenvalue weighted by Crippen LogP contribution is 2.34. The van der Waals surface area contributed by atoms with Crippen LogP contribution in [-0.4, -0.2) is 36.2 Å². The van der Waals surface area contributed by atoms with E-state index in [9.17, 15) is 18.0 Å². The smallest absolute Gasteiger partial charge is 0.338 e. The van der Waals surface area contributed by atoms with Crippen LogP contribution < -0.4 is 9.86 Å². The lowest BCUT2D eigenvalue weighted by atomic mass is 10.1. The van der Waals surface area contributed by atoms with Gasteiger partial charge in [-0.25, -0.2) is 18.2 Å². The molecule has 0 fully saturated rings. The molecule has 5 rings (SSSR count). The molecule has 0 aliphatic carbocycles. The fourth-order valence-electron chi connectivity index (χ4n) is 4.49. The third-order valence-corrected chi connectivity index (χ3v) is 7.26. The summed E-state index contributed by atoms with van der Waals surface area (Å²) >= 11 is 0. The number of carbonyl (C=O) groups is 1. The van der Waals surface area contributed by atoms with E-state index in [1.165, 1.54) is 21.4 Å². The molecule has 0 saturated carbocycles. The molecule has 0 spiro atoms. The van der Waals surface area contributed by atoms with Crippen LogP contribution in [0.15, 0.2) is 70.1 Å². The van der Waals surface area contributed by atoms with Crippen molar-refractivity contribution in [2.24, 2.45) is 0 Å². The van der Waals surface area contributed by atoms with Gasteiger partial charge in [0.15, 0.2) is 5.82 Å². The average molecular weight is 494 g/mol. The third-order valence-electron chi connectivity index (χ3n) is 5.99. The van der Waals surface area contributed by atoms with E-state index in [4.69, 9.17) is 9.15 Å². The van der Waals surface area contributed by atoms with Gasteiger partial charge in [0, 0.05) is 6.04 Å². The van der Waals surface area contributed by atoms with Crippen LogP contribution in [0.2, 0.25) is 0 Å². The number of esters is 1. The van der Waals surface area contributed by atoms with Gasteiger partial charge in [-0.2, -0.15) is 0 Å². The highest BCUT2D eigenvalue weighted by Gasteiger charge is 2.33. The first kappa shape index (κ1) is 22.9. The predicted molar refractivity (Wildman–Crippen MR) is 130 cm³/mol. The molecule has 2 aromatic carbocycles. The summed E-state index contributed by atoms with van der Waals surface area (Å²) in [5, 5.41) is 0.456. The summed E-state index contributed by atoms with van der Waals surface area (Å²) < 4.78 is 38.0. The van der Waals surface area contributed by atoms with Crippen LogP contribution >= 0.6 is 0 Å². The zero-order valence-electron chi connectivity index (χ0n) is 19.2. The molecule has 10 heteroatoms. The van der Waals surface area contributed by atoms with Gasteiger partial charge in [0.05, 0.1) is 41.2 Å². The monoisotopic (exact) mass is 493 g/mol. The van der Waals surface area contributed by atoms with Crippen LogP contribution in [0.5, 0.6) is 0 Å². The first-order valence-electron chi connectivity index (χ1n) is 11.0. The Hall–Kier alpha value is -3.92. The molecule has 0 amide bonds. The molecule has 35 heavy (non-hydrogen) atoms. The molecule has 1 atom stereocenters. The number of anilines is 1. The van der Waals surface area contributed by atoms with E-state index in [1.807, 2.05) is 6.92 Å². The molecular weight excluding hydrogens is 470 g/mol. The highest BCUT2D eigenvalue weighted by atomic mass is 32.2. The van der Waals surface area contributed by atoms with Crippen LogP contribution in [0.1, 0.15) is 34.4 Å². The number of aromatic nitrogens is 2. The second-order valence-electron chi connectivity index (χ2n) is 8.55. The summed E-state index contributed by atoms with van der Waals surface area (Å²) in [6, 6.07) is 15.1. The Morgan fingerprint density at radius 3 is 2.71 bits per heavy atom. The minimum Gasteiger partial charge on any atom is -0.467 e. The molecule has 9 nitrogen and oxygen atoms in total. The molecule has 4 aromatic rings. The van der Waals surface area contributed by atoms with Gasteiger partial charge in [0.2, 0.25) is 10.0 Å². The van der Waals surface area contributed by atoms with Crippen LogP contribution in [0.4, 0.5) is 5.69 Å². The van der Waals surface area contributed by atoms with Gasteiger partial charge in [0.1, 0.15) is 12.4 Å². The van der Waals surface area contributed by atoms with Crippen molar-refractivity contribution in [3.63, 3.8) is 0 Å². The fourth-order valence-corrected chi connectivity index (χ4v) is 5.76.